The summed E-state index contributed by atoms with van der Waals surface area (Å²) in [7, 11) is 0. The van der Waals surface area contributed by atoms with Crippen LogP contribution in [0.2, 0.25) is 5.28 Å². The van der Waals surface area contributed by atoms with Gasteiger partial charge in [-0.3, -0.25) is 9.67 Å². The number of rotatable bonds is 1. The number of aryl methyl sites for hydroxylation is 2. The van der Waals surface area contributed by atoms with Crippen molar-refractivity contribution in [3.05, 3.63) is 41.1 Å². The number of aromatic amines is 1. The van der Waals surface area contributed by atoms with E-state index < -0.39 is 0 Å². The van der Waals surface area contributed by atoms with Gasteiger partial charge in [0.15, 0.2) is 11.5 Å². The second-order valence-electron chi connectivity index (χ2n) is 4.99. The Hall–Kier alpha value is -2.47. The topological polar surface area (TPSA) is 72.3 Å². The van der Waals surface area contributed by atoms with Crippen LogP contribution >= 0.6 is 11.6 Å². The highest BCUT2D eigenvalue weighted by Crippen LogP contribution is 2.25. The Morgan fingerprint density at radius 2 is 1.95 bits per heavy atom. The van der Waals surface area contributed by atoms with E-state index >= 15 is 0 Å². The molecule has 6 nitrogen and oxygen atoms in total. The number of aromatic nitrogens is 6. The Morgan fingerprint density at radius 1 is 1.14 bits per heavy atom. The lowest BCUT2D eigenvalue weighted by Gasteiger charge is -2.06. The SMILES string of the molecule is Cc1cc2ncn(-c3nc(Cl)nc4[nH]ncc34)c2cc1C. The fourth-order valence-electron chi connectivity index (χ4n) is 2.41. The Balaban J connectivity index is 2.09. The molecule has 0 bridgehead atoms. The van der Waals surface area contributed by atoms with Gasteiger partial charge in [-0.2, -0.15) is 15.1 Å². The van der Waals surface area contributed by atoms with Crippen molar-refractivity contribution in [2.24, 2.45) is 0 Å². The highest BCUT2D eigenvalue weighted by Gasteiger charge is 2.13. The lowest BCUT2D eigenvalue weighted by molar-refractivity contribution is 1.02. The van der Waals surface area contributed by atoms with E-state index in [1.54, 1.807) is 12.5 Å². The Morgan fingerprint density at radius 3 is 2.81 bits per heavy atom. The third kappa shape index (κ3) is 1.80. The predicted octanol–water partition coefficient (Wildman–Crippen LogP) is 2.96. The van der Waals surface area contributed by atoms with Crippen LogP contribution in [0.3, 0.4) is 0 Å². The van der Waals surface area contributed by atoms with E-state index in [0.717, 1.165) is 16.4 Å². The summed E-state index contributed by atoms with van der Waals surface area (Å²) in [6.45, 7) is 4.15. The Labute approximate surface area is 124 Å². The monoisotopic (exact) mass is 298 g/mol. The molecule has 3 aromatic heterocycles. The highest BCUT2D eigenvalue weighted by molar-refractivity contribution is 6.28. The number of nitrogens with zero attached hydrogens (tertiary/aromatic N) is 5. The van der Waals surface area contributed by atoms with Gasteiger partial charge < -0.3 is 0 Å². The molecule has 104 valence electrons. The third-order valence-electron chi connectivity index (χ3n) is 3.65. The molecule has 0 aliphatic carbocycles. The van der Waals surface area contributed by atoms with Crippen molar-refractivity contribution in [1.82, 2.24) is 29.7 Å². The number of benzene rings is 1. The first-order valence-corrected chi connectivity index (χ1v) is 6.82. The molecule has 1 aromatic carbocycles. The molecule has 21 heavy (non-hydrogen) atoms. The average Bonchev–Trinajstić information content (AvgIpc) is 3.05. The molecular formula is C14H11ClN6. The molecular weight excluding hydrogens is 288 g/mol. The van der Waals surface area contributed by atoms with Crippen molar-refractivity contribution in [1.29, 1.82) is 0 Å². The maximum absolute atomic E-state index is 6.00. The Bertz CT molecular complexity index is 984. The van der Waals surface area contributed by atoms with E-state index in [0.29, 0.717) is 11.5 Å². The molecule has 0 saturated carbocycles. The summed E-state index contributed by atoms with van der Waals surface area (Å²) >= 11 is 6.00. The summed E-state index contributed by atoms with van der Waals surface area (Å²) in [5, 5.41) is 7.79. The van der Waals surface area contributed by atoms with Crippen molar-refractivity contribution < 1.29 is 0 Å². The standard InChI is InChI=1S/C14H11ClN6/c1-7-3-10-11(4-8(7)2)21(6-16-10)13-9-5-17-20-12(9)18-14(15)19-13/h3-6H,1-2H3,(H,17,18,19,20). The summed E-state index contributed by atoms with van der Waals surface area (Å²) in [4.78, 5) is 12.9. The minimum absolute atomic E-state index is 0.174. The minimum Gasteiger partial charge on any atom is -0.282 e. The maximum Gasteiger partial charge on any atom is 0.226 e. The molecule has 0 saturated heterocycles. The van der Waals surface area contributed by atoms with E-state index in [2.05, 4.69) is 51.1 Å². The van der Waals surface area contributed by atoms with Crippen molar-refractivity contribution in [3.8, 4) is 5.82 Å². The fourth-order valence-corrected chi connectivity index (χ4v) is 2.57. The van der Waals surface area contributed by atoms with E-state index in [4.69, 9.17) is 11.6 Å². The zero-order valence-corrected chi connectivity index (χ0v) is 12.2. The molecule has 0 spiro atoms. The van der Waals surface area contributed by atoms with E-state index in [1.165, 1.54) is 11.1 Å². The van der Waals surface area contributed by atoms with Crippen LogP contribution in [0.25, 0.3) is 27.9 Å². The van der Waals surface area contributed by atoms with Crippen LogP contribution in [0.4, 0.5) is 0 Å². The summed E-state index contributed by atoms with van der Waals surface area (Å²) in [6, 6.07) is 4.16. The third-order valence-corrected chi connectivity index (χ3v) is 3.82. The first kappa shape index (κ1) is 12.3. The van der Waals surface area contributed by atoms with Gasteiger partial charge in [-0.25, -0.2) is 4.98 Å². The molecule has 0 radical (unpaired) electrons. The van der Waals surface area contributed by atoms with Crippen LogP contribution in [0.15, 0.2) is 24.7 Å². The number of nitrogens with one attached hydrogen (secondary N) is 1. The van der Waals surface area contributed by atoms with Crippen molar-refractivity contribution in [3.63, 3.8) is 0 Å². The van der Waals surface area contributed by atoms with Crippen molar-refractivity contribution in [2.75, 3.05) is 0 Å². The first-order chi connectivity index (χ1) is 10.1. The molecule has 7 heteroatoms. The molecule has 0 amide bonds. The van der Waals surface area contributed by atoms with Crippen molar-refractivity contribution in [2.45, 2.75) is 13.8 Å². The lowest BCUT2D eigenvalue weighted by atomic mass is 10.1. The van der Waals surface area contributed by atoms with Gasteiger partial charge >= 0.3 is 0 Å². The first-order valence-electron chi connectivity index (χ1n) is 6.45. The highest BCUT2D eigenvalue weighted by atomic mass is 35.5. The van der Waals surface area contributed by atoms with Gasteiger partial charge in [0.2, 0.25) is 5.28 Å². The molecule has 0 fully saturated rings. The van der Waals surface area contributed by atoms with Crippen molar-refractivity contribution >= 4 is 33.7 Å². The van der Waals surface area contributed by atoms with Gasteiger partial charge in [0.25, 0.3) is 0 Å². The quantitative estimate of drug-likeness (QED) is 0.548. The minimum atomic E-state index is 0.174. The van der Waals surface area contributed by atoms with Crippen LogP contribution in [0, 0.1) is 13.8 Å². The average molecular weight is 299 g/mol. The second kappa shape index (κ2) is 4.26. The van der Waals surface area contributed by atoms with Crippen LogP contribution in [0.1, 0.15) is 11.1 Å². The zero-order valence-electron chi connectivity index (χ0n) is 11.4. The van der Waals surface area contributed by atoms with Gasteiger partial charge in [0.05, 0.1) is 22.6 Å². The number of imidazole rings is 1. The maximum atomic E-state index is 6.00. The Kier molecular flexibility index (Phi) is 2.49. The van der Waals surface area contributed by atoms with Gasteiger partial charge in [-0.15, -0.1) is 0 Å². The van der Waals surface area contributed by atoms with Crippen LogP contribution < -0.4 is 0 Å². The van der Waals surface area contributed by atoms with Crippen LogP contribution in [-0.2, 0) is 0 Å². The molecule has 0 aliphatic rings. The second-order valence-corrected chi connectivity index (χ2v) is 5.33. The molecule has 4 rings (SSSR count). The van der Waals surface area contributed by atoms with E-state index in [1.807, 2.05) is 4.57 Å². The molecule has 0 aliphatic heterocycles. The van der Waals surface area contributed by atoms with Gasteiger partial charge in [-0.05, 0) is 48.7 Å². The molecule has 1 N–H and O–H groups in total. The molecule has 3 heterocycles. The summed E-state index contributed by atoms with van der Waals surface area (Å²) in [5.41, 5.74) is 4.92. The summed E-state index contributed by atoms with van der Waals surface area (Å²) in [6.07, 6.45) is 3.43. The normalized spacial score (nSPS) is 11.6. The predicted molar refractivity (Wildman–Crippen MR) is 80.8 cm³/mol. The molecule has 0 unspecified atom stereocenters. The lowest BCUT2D eigenvalue weighted by Crippen LogP contribution is -1.99. The van der Waals surface area contributed by atoms with Gasteiger partial charge in [-0.1, -0.05) is 0 Å². The van der Waals surface area contributed by atoms with Gasteiger partial charge in [0, 0.05) is 0 Å². The number of H-pyrrole nitrogens is 1. The summed E-state index contributed by atoms with van der Waals surface area (Å²) in [5.74, 6) is 0.671. The number of halogens is 1. The van der Waals surface area contributed by atoms with E-state index in [-0.39, 0.29) is 5.28 Å². The number of hydrogen-bond acceptors (Lipinski definition) is 4. The smallest absolute Gasteiger partial charge is 0.226 e. The fraction of sp³-hybridized carbons (Fsp3) is 0.143. The largest absolute Gasteiger partial charge is 0.282 e. The van der Waals surface area contributed by atoms with Crippen LogP contribution in [0.5, 0.6) is 0 Å². The number of hydrogen-bond donors (Lipinski definition) is 1. The molecule has 0 atom stereocenters. The number of fused-ring (bicyclic) bond motifs is 2. The van der Waals surface area contributed by atoms with Gasteiger partial charge in [0.1, 0.15) is 6.33 Å². The molecule has 4 aromatic rings. The van der Waals surface area contributed by atoms with E-state index in [9.17, 15) is 0 Å². The zero-order chi connectivity index (χ0) is 14.6. The summed E-state index contributed by atoms with van der Waals surface area (Å²) < 4.78 is 1.91. The van der Waals surface area contributed by atoms with Crippen LogP contribution in [-0.4, -0.2) is 29.7 Å².